The molecule has 1 rings (SSSR count). The number of benzene rings is 1. The smallest absolute Gasteiger partial charge is 0.268 e. The third kappa shape index (κ3) is 3.77. The second-order valence-corrected chi connectivity index (χ2v) is 5.38. The summed E-state index contributed by atoms with van der Waals surface area (Å²) < 4.78 is 26.8. The Labute approximate surface area is 112 Å². The van der Waals surface area contributed by atoms with Crippen LogP contribution in [-0.4, -0.2) is 31.7 Å². The molecular weight excluding hydrogens is 266 g/mol. The van der Waals surface area contributed by atoms with Gasteiger partial charge in [0.25, 0.3) is 5.91 Å². The monoisotopic (exact) mass is 281 g/mol. The molecule has 0 saturated heterocycles. The van der Waals surface area contributed by atoms with Crippen molar-refractivity contribution in [3.8, 4) is 6.07 Å². The van der Waals surface area contributed by atoms with E-state index in [0.717, 1.165) is 4.31 Å². The highest BCUT2D eigenvalue weighted by Gasteiger charge is 2.21. The number of hydrogen-bond acceptors (Lipinski definition) is 4. The summed E-state index contributed by atoms with van der Waals surface area (Å²) in [6, 6.07) is 7.65. The van der Waals surface area contributed by atoms with Gasteiger partial charge in [0.05, 0.1) is 11.6 Å². The molecule has 0 unspecified atom stereocenters. The lowest BCUT2D eigenvalue weighted by molar-refractivity contribution is 0.0979. The van der Waals surface area contributed by atoms with Gasteiger partial charge in [-0.1, -0.05) is 13.8 Å². The summed E-state index contributed by atoms with van der Waals surface area (Å²) in [7, 11) is -3.82. The van der Waals surface area contributed by atoms with Crippen molar-refractivity contribution in [3.05, 3.63) is 35.4 Å². The maximum atomic E-state index is 11.8. The van der Waals surface area contributed by atoms with Crippen molar-refractivity contribution < 1.29 is 13.2 Å². The van der Waals surface area contributed by atoms with E-state index in [2.05, 4.69) is 0 Å². The lowest BCUT2D eigenvalue weighted by Gasteiger charge is -2.18. The number of carbonyl (C=O) groups excluding carboxylic acids is 1. The summed E-state index contributed by atoms with van der Waals surface area (Å²) in [6.45, 7) is 3.95. The van der Waals surface area contributed by atoms with E-state index >= 15 is 0 Å². The van der Waals surface area contributed by atoms with E-state index in [9.17, 15) is 13.2 Å². The number of nitrogens with zero attached hydrogens (tertiary/aromatic N) is 2. The Morgan fingerprint density at radius 2 is 1.79 bits per heavy atom. The van der Waals surface area contributed by atoms with Gasteiger partial charge in [-0.05, 0) is 24.3 Å². The van der Waals surface area contributed by atoms with Gasteiger partial charge in [-0.2, -0.15) is 18.0 Å². The summed E-state index contributed by atoms with van der Waals surface area (Å²) in [4.78, 5) is 11.8. The van der Waals surface area contributed by atoms with Gasteiger partial charge in [0.1, 0.15) is 0 Å². The number of amides is 1. The molecule has 6 nitrogen and oxygen atoms in total. The summed E-state index contributed by atoms with van der Waals surface area (Å²) in [5, 5.41) is 8.64. The van der Waals surface area contributed by atoms with E-state index in [0.29, 0.717) is 5.56 Å². The number of hydrogen-bond donors (Lipinski definition) is 1. The number of nitriles is 1. The van der Waals surface area contributed by atoms with Crippen molar-refractivity contribution >= 4 is 16.1 Å². The van der Waals surface area contributed by atoms with Gasteiger partial charge < -0.3 is 0 Å². The standard InChI is InChI=1S/C12H15N3O3S/c1-3-15(4-2)19(17,18)14-12(16)11-7-5-10(9-13)6-8-11/h5-8H,3-4H2,1-2H3,(H,14,16). The fourth-order valence-corrected chi connectivity index (χ4v) is 2.66. The third-order valence-corrected chi connectivity index (χ3v) is 4.18. The first kappa shape index (κ1) is 15.1. The van der Waals surface area contributed by atoms with Crippen LogP contribution >= 0.6 is 0 Å². The quantitative estimate of drug-likeness (QED) is 0.867. The maximum Gasteiger partial charge on any atom is 0.304 e. The van der Waals surface area contributed by atoms with E-state index in [1.165, 1.54) is 24.3 Å². The molecule has 1 N–H and O–H groups in total. The van der Waals surface area contributed by atoms with Crippen LogP contribution in [0.3, 0.4) is 0 Å². The van der Waals surface area contributed by atoms with Crippen molar-refractivity contribution in [3.63, 3.8) is 0 Å². The second-order valence-electron chi connectivity index (χ2n) is 3.71. The minimum atomic E-state index is -3.82. The van der Waals surface area contributed by atoms with Crippen molar-refractivity contribution in [2.45, 2.75) is 13.8 Å². The first-order chi connectivity index (χ1) is 8.94. The van der Waals surface area contributed by atoms with Gasteiger partial charge in [-0.15, -0.1) is 0 Å². The summed E-state index contributed by atoms with van der Waals surface area (Å²) in [5.41, 5.74) is 0.595. The molecule has 0 radical (unpaired) electrons. The molecule has 102 valence electrons. The number of nitrogens with one attached hydrogen (secondary N) is 1. The van der Waals surface area contributed by atoms with Gasteiger partial charge in [-0.25, -0.2) is 4.72 Å². The predicted octanol–water partition coefficient (Wildman–Crippen LogP) is 0.875. The van der Waals surface area contributed by atoms with Gasteiger partial charge in [-0.3, -0.25) is 4.79 Å². The topological polar surface area (TPSA) is 90.3 Å². The Morgan fingerprint density at radius 3 is 2.21 bits per heavy atom. The number of carbonyl (C=O) groups is 1. The Morgan fingerprint density at radius 1 is 1.26 bits per heavy atom. The molecule has 0 aliphatic carbocycles. The molecule has 0 atom stereocenters. The van der Waals surface area contributed by atoms with E-state index in [4.69, 9.17) is 5.26 Å². The second kappa shape index (κ2) is 6.31. The van der Waals surface area contributed by atoms with Crippen LogP contribution in [-0.2, 0) is 10.2 Å². The average molecular weight is 281 g/mol. The van der Waals surface area contributed by atoms with E-state index in [1.807, 2.05) is 10.8 Å². The molecule has 0 spiro atoms. The summed E-state index contributed by atoms with van der Waals surface area (Å²) >= 11 is 0. The lowest BCUT2D eigenvalue weighted by atomic mass is 10.1. The van der Waals surface area contributed by atoms with Gasteiger partial charge >= 0.3 is 10.2 Å². The van der Waals surface area contributed by atoms with Gasteiger partial charge in [0, 0.05) is 18.7 Å². The van der Waals surface area contributed by atoms with Crippen molar-refractivity contribution in [2.24, 2.45) is 0 Å². The van der Waals surface area contributed by atoms with Crippen molar-refractivity contribution in [1.29, 1.82) is 5.26 Å². The fraction of sp³-hybridized carbons (Fsp3) is 0.333. The zero-order valence-electron chi connectivity index (χ0n) is 10.8. The Bertz CT molecular complexity index is 584. The zero-order valence-corrected chi connectivity index (χ0v) is 11.6. The van der Waals surface area contributed by atoms with Gasteiger partial charge in [0.2, 0.25) is 0 Å². The molecule has 0 fully saturated rings. The Kier molecular flexibility index (Phi) is 5.03. The molecule has 0 saturated carbocycles. The van der Waals surface area contributed by atoms with Crippen molar-refractivity contribution in [2.75, 3.05) is 13.1 Å². The molecule has 0 aromatic heterocycles. The number of rotatable bonds is 5. The molecule has 0 aliphatic heterocycles. The van der Waals surface area contributed by atoms with E-state index < -0.39 is 16.1 Å². The third-order valence-electron chi connectivity index (χ3n) is 2.54. The highest BCUT2D eigenvalue weighted by atomic mass is 32.2. The molecule has 1 aromatic rings. The zero-order chi connectivity index (χ0) is 14.5. The Hall–Kier alpha value is -1.91. The summed E-state index contributed by atoms with van der Waals surface area (Å²) in [6.07, 6.45) is 0. The van der Waals surface area contributed by atoms with Crippen LogP contribution in [0.25, 0.3) is 0 Å². The van der Waals surface area contributed by atoms with E-state index in [-0.39, 0.29) is 18.7 Å². The first-order valence-corrected chi connectivity index (χ1v) is 7.21. The van der Waals surface area contributed by atoms with Crippen LogP contribution in [0.2, 0.25) is 0 Å². The van der Waals surface area contributed by atoms with Crippen LogP contribution in [0.1, 0.15) is 29.8 Å². The molecule has 19 heavy (non-hydrogen) atoms. The van der Waals surface area contributed by atoms with Crippen LogP contribution < -0.4 is 4.72 Å². The highest BCUT2D eigenvalue weighted by Crippen LogP contribution is 2.05. The maximum absolute atomic E-state index is 11.8. The van der Waals surface area contributed by atoms with E-state index in [1.54, 1.807) is 13.8 Å². The van der Waals surface area contributed by atoms with Gasteiger partial charge in [0.15, 0.2) is 0 Å². The fourth-order valence-electron chi connectivity index (χ4n) is 1.50. The van der Waals surface area contributed by atoms with Crippen LogP contribution in [0.5, 0.6) is 0 Å². The first-order valence-electron chi connectivity index (χ1n) is 5.77. The summed E-state index contributed by atoms with van der Waals surface area (Å²) in [5.74, 6) is -0.712. The molecule has 0 heterocycles. The highest BCUT2D eigenvalue weighted by molar-refractivity contribution is 7.87. The minimum Gasteiger partial charge on any atom is -0.268 e. The Balaban J connectivity index is 2.87. The lowest BCUT2D eigenvalue weighted by Crippen LogP contribution is -2.43. The molecule has 0 aliphatic rings. The van der Waals surface area contributed by atoms with Crippen molar-refractivity contribution in [1.82, 2.24) is 9.03 Å². The minimum absolute atomic E-state index is 0.190. The van der Waals surface area contributed by atoms with Crippen LogP contribution in [0, 0.1) is 11.3 Å². The molecule has 1 amide bonds. The molecular formula is C12H15N3O3S. The largest absolute Gasteiger partial charge is 0.304 e. The normalized spacial score (nSPS) is 11.1. The molecule has 0 bridgehead atoms. The molecule has 7 heteroatoms. The SMILES string of the molecule is CCN(CC)S(=O)(=O)NC(=O)c1ccc(C#N)cc1. The molecule has 1 aromatic carbocycles. The van der Waals surface area contributed by atoms with Crippen LogP contribution in [0.4, 0.5) is 0 Å². The average Bonchev–Trinajstić information content (AvgIpc) is 2.39. The van der Waals surface area contributed by atoms with Crippen LogP contribution in [0.15, 0.2) is 24.3 Å². The predicted molar refractivity (Wildman–Crippen MR) is 70.5 cm³/mol.